The SMILES string of the molecule is CCc1cccc2c1CC(C(=O)N1CCN3NC(NS(=O)(=O)C4CC4)CC3C1)N2. The largest absolute Gasteiger partial charge is 0.373 e. The number of rotatable bonds is 5. The number of amides is 1. The third-order valence-electron chi connectivity index (χ3n) is 6.58. The van der Waals surface area contributed by atoms with Crippen LogP contribution in [0.5, 0.6) is 0 Å². The molecule has 158 valence electrons. The molecule has 3 heterocycles. The molecular formula is C20H29N5O3S. The van der Waals surface area contributed by atoms with Crippen molar-refractivity contribution in [2.75, 3.05) is 25.0 Å². The van der Waals surface area contributed by atoms with Crippen LogP contribution in [0.4, 0.5) is 5.69 Å². The maximum atomic E-state index is 13.2. The van der Waals surface area contributed by atoms with Gasteiger partial charge in [-0.25, -0.2) is 18.9 Å². The molecule has 1 amide bonds. The molecule has 9 heteroatoms. The Morgan fingerprint density at radius 1 is 1.28 bits per heavy atom. The fourth-order valence-corrected chi connectivity index (χ4v) is 6.35. The van der Waals surface area contributed by atoms with Crippen molar-refractivity contribution in [1.29, 1.82) is 0 Å². The molecule has 1 aliphatic carbocycles. The van der Waals surface area contributed by atoms with Gasteiger partial charge in [0.25, 0.3) is 0 Å². The summed E-state index contributed by atoms with van der Waals surface area (Å²) in [7, 11) is -3.22. The number of carbonyl (C=O) groups is 1. The number of hydrogen-bond donors (Lipinski definition) is 3. The first-order chi connectivity index (χ1) is 13.9. The van der Waals surface area contributed by atoms with Crippen LogP contribution in [0.15, 0.2) is 18.2 Å². The molecule has 1 saturated carbocycles. The Morgan fingerprint density at radius 2 is 2.10 bits per heavy atom. The minimum absolute atomic E-state index is 0.134. The monoisotopic (exact) mass is 419 g/mol. The maximum Gasteiger partial charge on any atom is 0.245 e. The summed E-state index contributed by atoms with van der Waals surface area (Å²) in [5, 5.41) is 5.29. The summed E-state index contributed by atoms with van der Waals surface area (Å²) in [6.07, 6.45) is 3.62. The average Bonchev–Trinajstić information content (AvgIpc) is 3.37. The molecule has 3 N–H and O–H groups in total. The van der Waals surface area contributed by atoms with Crippen molar-refractivity contribution in [3.05, 3.63) is 29.3 Å². The van der Waals surface area contributed by atoms with E-state index >= 15 is 0 Å². The summed E-state index contributed by atoms with van der Waals surface area (Å²) in [5.41, 5.74) is 6.94. The Hall–Kier alpha value is -1.68. The molecule has 0 bridgehead atoms. The van der Waals surface area contributed by atoms with Crippen molar-refractivity contribution < 1.29 is 13.2 Å². The molecule has 5 rings (SSSR count). The molecule has 4 aliphatic rings. The number of aryl methyl sites for hydroxylation is 1. The van der Waals surface area contributed by atoms with Crippen molar-refractivity contribution in [2.45, 2.75) is 62.5 Å². The van der Waals surface area contributed by atoms with E-state index in [1.54, 1.807) is 0 Å². The van der Waals surface area contributed by atoms with Crippen LogP contribution in [0, 0.1) is 0 Å². The van der Waals surface area contributed by atoms with Gasteiger partial charge in [0.1, 0.15) is 6.04 Å². The number of piperazine rings is 1. The number of sulfonamides is 1. The van der Waals surface area contributed by atoms with Gasteiger partial charge in [0.2, 0.25) is 15.9 Å². The lowest BCUT2D eigenvalue weighted by atomic mass is 10.0. The summed E-state index contributed by atoms with van der Waals surface area (Å²) in [5.74, 6) is 0.143. The van der Waals surface area contributed by atoms with E-state index in [2.05, 4.69) is 39.5 Å². The fraction of sp³-hybridized carbons (Fsp3) is 0.650. The van der Waals surface area contributed by atoms with Crippen LogP contribution in [0.1, 0.15) is 37.3 Å². The van der Waals surface area contributed by atoms with Crippen LogP contribution in [-0.2, 0) is 27.7 Å². The fourth-order valence-electron chi connectivity index (χ4n) is 4.85. The Labute approximate surface area is 172 Å². The highest BCUT2D eigenvalue weighted by molar-refractivity contribution is 7.90. The number of hydrazine groups is 1. The zero-order chi connectivity index (χ0) is 20.2. The van der Waals surface area contributed by atoms with E-state index in [0.717, 1.165) is 31.4 Å². The van der Waals surface area contributed by atoms with Gasteiger partial charge in [-0.3, -0.25) is 4.79 Å². The van der Waals surface area contributed by atoms with E-state index in [0.29, 0.717) is 26.1 Å². The van der Waals surface area contributed by atoms with Gasteiger partial charge in [-0.05, 0) is 42.9 Å². The predicted molar refractivity (Wildman–Crippen MR) is 111 cm³/mol. The Kier molecular flexibility index (Phi) is 4.81. The highest BCUT2D eigenvalue weighted by atomic mass is 32.2. The van der Waals surface area contributed by atoms with E-state index in [1.807, 2.05) is 11.0 Å². The van der Waals surface area contributed by atoms with Crippen molar-refractivity contribution >= 4 is 21.6 Å². The molecule has 1 aromatic rings. The number of anilines is 1. The van der Waals surface area contributed by atoms with E-state index < -0.39 is 10.0 Å². The second-order valence-electron chi connectivity index (χ2n) is 8.61. The molecule has 0 spiro atoms. The summed E-state index contributed by atoms with van der Waals surface area (Å²) in [4.78, 5) is 15.1. The summed E-state index contributed by atoms with van der Waals surface area (Å²) in [6, 6.07) is 6.16. The van der Waals surface area contributed by atoms with Crippen LogP contribution >= 0.6 is 0 Å². The minimum Gasteiger partial charge on any atom is -0.373 e. The second kappa shape index (κ2) is 7.23. The van der Waals surface area contributed by atoms with Gasteiger partial charge in [-0.2, -0.15) is 4.72 Å². The first kappa shape index (κ1) is 19.3. The van der Waals surface area contributed by atoms with Gasteiger partial charge < -0.3 is 10.2 Å². The van der Waals surface area contributed by atoms with Gasteiger partial charge in [0.15, 0.2) is 0 Å². The number of benzene rings is 1. The van der Waals surface area contributed by atoms with Gasteiger partial charge in [0, 0.05) is 37.8 Å². The van der Waals surface area contributed by atoms with Crippen LogP contribution in [-0.4, -0.2) is 67.4 Å². The van der Waals surface area contributed by atoms with Crippen LogP contribution in [0.3, 0.4) is 0 Å². The van der Waals surface area contributed by atoms with Crippen molar-refractivity contribution in [3.63, 3.8) is 0 Å². The molecule has 1 aromatic carbocycles. The predicted octanol–water partition coefficient (Wildman–Crippen LogP) is 0.415. The normalized spacial score (nSPS) is 29.4. The van der Waals surface area contributed by atoms with E-state index in [1.165, 1.54) is 11.1 Å². The molecule has 3 aliphatic heterocycles. The van der Waals surface area contributed by atoms with Gasteiger partial charge in [-0.15, -0.1) is 0 Å². The first-order valence-electron chi connectivity index (χ1n) is 10.6. The first-order valence-corrected chi connectivity index (χ1v) is 12.2. The Bertz CT molecular complexity index is 917. The van der Waals surface area contributed by atoms with E-state index in [9.17, 15) is 13.2 Å². The number of nitrogens with zero attached hydrogens (tertiary/aromatic N) is 2. The van der Waals surface area contributed by atoms with Crippen LogP contribution in [0.25, 0.3) is 0 Å². The van der Waals surface area contributed by atoms with Crippen molar-refractivity contribution in [3.8, 4) is 0 Å². The van der Waals surface area contributed by atoms with Gasteiger partial charge in [0.05, 0.1) is 11.4 Å². The number of carbonyl (C=O) groups excluding carboxylic acids is 1. The number of fused-ring (bicyclic) bond motifs is 2. The third-order valence-corrected chi connectivity index (χ3v) is 8.55. The lowest BCUT2D eigenvalue weighted by molar-refractivity contribution is -0.134. The molecular weight excluding hydrogens is 390 g/mol. The molecule has 0 aromatic heterocycles. The topological polar surface area (TPSA) is 93.8 Å². The van der Waals surface area contributed by atoms with Crippen LogP contribution < -0.4 is 15.5 Å². The Morgan fingerprint density at radius 3 is 2.86 bits per heavy atom. The zero-order valence-corrected chi connectivity index (χ0v) is 17.5. The summed E-state index contributed by atoms with van der Waals surface area (Å²) < 4.78 is 27.2. The van der Waals surface area contributed by atoms with E-state index in [-0.39, 0.29) is 29.4 Å². The second-order valence-corrected chi connectivity index (χ2v) is 10.6. The lowest BCUT2D eigenvalue weighted by Gasteiger charge is -2.38. The third kappa shape index (κ3) is 3.65. The minimum atomic E-state index is -3.22. The number of nitrogens with one attached hydrogen (secondary N) is 3. The molecule has 3 atom stereocenters. The van der Waals surface area contributed by atoms with Crippen LogP contribution in [0.2, 0.25) is 0 Å². The van der Waals surface area contributed by atoms with Gasteiger partial charge in [-0.1, -0.05) is 19.1 Å². The van der Waals surface area contributed by atoms with Crippen molar-refractivity contribution in [2.24, 2.45) is 0 Å². The Balaban J connectivity index is 1.20. The highest BCUT2D eigenvalue weighted by Crippen LogP contribution is 2.31. The van der Waals surface area contributed by atoms with E-state index in [4.69, 9.17) is 0 Å². The summed E-state index contributed by atoms with van der Waals surface area (Å²) >= 11 is 0. The molecule has 29 heavy (non-hydrogen) atoms. The van der Waals surface area contributed by atoms with Gasteiger partial charge >= 0.3 is 0 Å². The average molecular weight is 420 g/mol. The molecule has 0 radical (unpaired) electrons. The lowest BCUT2D eigenvalue weighted by Crippen LogP contribution is -2.57. The smallest absolute Gasteiger partial charge is 0.245 e. The molecule has 3 unspecified atom stereocenters. The quantitative estimate of drug-likeness (QED) is 0.640. The highest BCUT2D eigenvalue weighted by Gasteiger charge is 2.43. The maximum absolute atomic E-state index is 13.2. The zero-order valence-electron chi connectivity index (χ0n) is 16.7. The molecule has 8 nitrogen and oxygen atoms in total. The number of hydrogen-bond acceptors (Lipinski definition) is 6. The van der Waals surface area contributed by atoms with Crippen molar-refractivity contribution in [1.82, 2.24) is 20.1 Å². The summed E-state index contributed by atoms with van der Waals surface area (Å²) in [6.45, 7) is 4.13. The standard InChI is InChI=1S/C20H29N5O3S/c1-2-13-4-3-5-17-16(13)11-18(21-17)20(26)24-8-9-25-14(12-24)10-19(22-25)23-29(27,28)15-6-7-15/h3-5,14-15,18-19,21-23H,2,6-12H2,1H3. The molecule has 2 saturated heterocycles. The molecule has 3 fully saturated rings.